The maximum Gasteiger partial charge on any atom is 0.409 e. The third kappa shape index (κ3) is 8.59. The van der Waals surface area contributed by atoms with Crippen molar-refractivity contribution in [3.8, 4) is 0 Å². The number of amides is 1. The van der Waals surface area contributed by atoms with Crippen molar-refractivity contribution in [2.24, 2.45) is 0 Å². The first-order valence-electron chi connectivity index (χ1n) is 13.4. The molecule has 0 radical (unpaired) electrons. The van der Waals surface area contributed by atoms with Gasteiger partial charge in [-0.2, -0.15) is 3.71 Å². The Kier molecular flexibility index (Phi) is 10.6. The smallest absolute Gasteiger partial charge is 0.409 e. The molecular formula is C30H29Cl3N4O6S2. The highest BCUT2D eigenvalue weighted by Gasteiger charge is 2.39. The summed E-state index contributed by atoms with van der Waals surface area (Å²) in [6, 6.07) is 19.9. The Bertz CT molecular complexity index is 1800. The van der Waals surface area contributed by atoms with E-state index in [0.29, 0.717) is 11.4 Å². The first kappa shape index (κ1) is 34.3. The average molecular weight is 712 g/mol. The van der Waals surface area contributed by atoms with Crippen molar-refractivity contribution in [3.05, 3.63) is 112 Å². The number of pyridine rings is 1. The fourth-order valence-electron chi connectivity index (χ4n) is 4.28. The molecule has 3 aromatic carbocycles. The second kappa shape index (κ2) is 13.8. The van der Waals surface area contributed by atoms with Crippen LogP contribution in [-0.2, 0) is 31.2 Å². The van der Waals surface area contributed by atoms with Crippen LogP contribution in [0.15, 0.2) is 101 Å². The summed E-state index contributed by atoms with van der Waals surface area (Å²) in [5, 5.41) is 6.60. The predicted octanol–water partition coefficient (Wildman–Crippen LogP) is 7.13. The summed E-state index contributed by atoms with van der Waals surface area (Å²) in [5.74, 6) is -0.152. The number of hydrogen-bond acceptors (Lipinski definition) is 8. The van der Waals surface area contributed by atoms with E-state index in [-0.39, 0.29) is 35.1 Å². The molecule has 0 saturated carbocycles. The number of halogens is 3. The lowest BCUT2D eigenvalue weighted by Crippen LogP contribution is -2.43. The third-order valence-corrected chi connectivity index (χ3v) is 11.2. The van der Waals surface area contributed by atoms with E-state index in [2.05, 4.69) is 15.6 Å². The lowest BCUT2D eigenvalue weighted by atomic mass is 9.98. The van der Waals surface area contributed by atoms with Crippen LogP contribution in [-0.4, -0.2) is 39.7 Å². The molecular weight excluding hydrogens is 683 g/mol. The van der Waals surface area contributed by atoms with Crippen molar-refractivity contribution in [2.75, 3.05) is 9.03 Å². The van der Waals surface area contributed by atoms with E-state index in [9.17, 15) is 21.6 Å². The molecule has 1 unspecified atom stereocenters. The number of aromatic nitrogens is 1. The quantitative estimate of drug-likeness (QED) is 0.157. The van der Waals surface area contributed by atoms with Crippen LogP contribution < -0.4 is 14.3 Å². The Morgan fingerprint density at radius 1 is 0.822 bits per heavy atom. The zero-order valence-electron chi connectivity index (χ0n) is 24.2. The van der Waals surface area contributed by atoms with Crippen LogP contribution >= 0.6 is 34.8 Å². The van der Waals surface area contributed by atoms with Crippen molar-refractivity contribution in [2.45, 2.75) is 48.7 Å². The number of nitrogens with zero attached hydrogens (tertiary/aromatic N) is 2. The van der Waals surface area contributed by atoms with Gasteiger partial charge in [0, 0.05) is 27.7 Å². The van der Waals surface area contributed by atoms with Gasteiger partial charge in [0.1, 0.15) is 17.5 Å². The molecule has 1 atom stereocenters. The molecule has 238 valence electrons. The molecule has 4 aromatic rings. The van der Waals surface area contributed by atoms with Gasteiger partial charge in [-0.3, -0.25) is 0 Å². The second-order valence-corrected chi connectivity index (χ2v) is 15.6. The van der Waals surface area contributed by atoms with Crippen molar-refractivity contribution in [3.63, 3.8) is 0 Å². The van der Waals surface area contributed by atoms with E-state index in [1.165, 1.54) is 66.9 Å². The number of anilines is 2. The van der Waals surface area contributed by atoms with Gasteiger partial charge in [0.2, 0.25) is 0 Å². The summed E-state index contributed by atoms with van der Waals surface area (Å²) < 4.78 is 61.9. The molecule has 0 aliphatic rings. The Hall–Kier alpha value is -3.55. The number of sulfonamides is 2. The number of hydrogen-bond donors (Lipinski definition) is 2. The molecule has 0 aliphatic heterocycles. The summed E-state index contributed by atoms with van der Waals surface area (Å²) >= 11 is 17.9. The van der Waals surface area contributed by atoms with Gasteiger partial charge in [-0.25, -0.2) is 26.6 Å². The summed E-state index contributed by atoms with van der Waals surface area (Å²) in [7, 11) is -9.54. The van der Waals surface area contributed by atoms with Crippen molar-refractivity contribution < 1.29 is 26.4 Å². The highest BCUT2D eigenvalue weighted by molar-refractivity contribution is 8.10. The van der Waals surface area contributed by atoms with Crippen molar-refractivity contribution in [1.82, 2.24) is 10.3 Å². The Morgan fingerprint density at radius 2 is 1.29 bits per heavy atom. The molecule has 1 heterocycles. The molecule has 45 heavy (non-hydrogen) atoms. The monoisotopic (exact) mass is 710 g/mol. The van der Waals surface area contributed by atoms with Gasteiger partial charge in [-0.1, -0.05) is 46.9 Å². The van der Waals surface area contributed by atoms with E-state index >= 15 is 0 Å². The molecule has 0 aliphatic carbocycles. The second-order valence-electron chi connectivity index (χ2n) is 10.4. The fraction of sp³-hybridized carbons (Fsp3) is 0.200. The summed E-state index contributed by atoms with van der Waals surface area (Å²) in [6.07, 6.45) is 0.0829. The average Bonchev–Trinajstić information content (AvgIpc) is 2.95. The maximum absolute atomic E-state index is 14.0. The molecule has 4 rings (SSSR count). The van der Waals surface area contributed by atoms with E-state index in [1.54, 1.807) is 32.9 Å². The van der Waals surface area contributed by atoms with Gasteiger partial charge in [0.05, 0.1) is 9.79 Å². The molecule has 0 bridgehead atoms. The minimum atomic E-state index is -4.77. The molecule has 1 amide bonds. The van der Waals surface area contributed by atoms with Crippen LogP contribution in [0.2, 0.25) is 15.1 Å². The minimum absolute atomic E-state index is 0.152. The van der Waals surface area contributed by atoms with Crippen LogP contribution in [0.4, 0.5) is 16.3 Å². The predicted molar refractivity (Wildman–Crippen MR) is 176 cm³/mol. The number of nitrogens with one attached hydrogen (secondary N) is 2. The Balaban J connectivity index is 1.64. The van der Waals surface area contributed by atoms with Crippen LogP contribution in [0.3, 0.4) is 0 Å². The van der Waals surface area contributed by atoms with E-state index in [4.69, 9.17) is 39.5 Å². The van der Waals surface area contributed by atoms with Gasteiger partial charge in [0.25, 0.3) is 20.0 Å². The number of rotatable bonds is 11. The summed E-state index contributed by atoms with van der Waals surface area (Å²) in [5.41, 5.74) is -0.318. The van der Waals surface area contributed by atoms with Crippen LogP contribution in [0.5, 0.6) is 0 Å². The van der Waals surface area contributed by atoms with E-state index in [0.717, 1.165) is 5.56 Å². The molecule has 15 heteroatoms. The van der Waals surface area contributed by atoms with Crippen molar-refractivity contribution in [1.29, 1.82) is 0 Å². The van der Waals surface area contributed by atoms with Crippen LogP contribution in [0, 0.1) is 0 Å². The van der Waals surface area contributed by atoms with Gasteiger partial charge in [-0.15, -0.1) is 0 Å². The van der Waals surface area contributed by atoms with Gasteiger partial charge in [-0.05, 0) is 99.1 Å². The zero-order chi connectivity index (χ0) is 33.0. The number of carbonyl (C=O) groups excluding carboxylic acids is 1. The normalized spacial score (nSPS) is 12.7. The van der Waals surface area contributed by atoms with E-state index < -0.39 is 37.9 Å². The SMILES string of the molecule is CC(NC(=O)OC(C)(C)Cc1ccc(Cl)cc1)Nc1ncccc1N(S(=O)(=O)c1ccc(Cl)cc1)S(=O)(=O)c1ccc(Cl)cc1. The fourth-order valence-corrected chi connectivity index (χ4v) is 8.36. The topological polar surface area (TPSA) is 135 Å². The first-order valence-corrected chi connectivity index (χ1v) is 17.4. The lowest BCUT2D eigenvalue weighted by Gasteiger charge is -2.28. The number of ether oxygens (including phenoxy) is 1. The van der Waals surface area contributed by atoms with Gasteiger partial charge in [0.15, 0.2) is 5.82 Å². The number of carbonyl (C=O) groups is 1. The summed E-state index contributed by atoms with van der Waals surface area (Å²) in [6.45, 7) is 5.05. The zero-order valence-corrected chi connectivity index (χ0v) is 28.1. The molecule has 0 spiro atoms. The number of benzene rings is 3. The van der Waals surface area contributed by atoms with Crippen LogP contribution in [0.1, 0.15) is 26.3 Å². The molecule has 1 aromatic heterocycles. The highest BCUT2D eigenvalue weighted by atomic mass is 35.5. The minimum Gasteiger partial charge on any atom is -0.443 e. The first-order chi connectivity index (χ1) is 21.1. The highest BCUT2D eigenvalue weighted by Crippen LogP contribution is 2.35. The Labute approximate surface area is 277 Å². The molecule has 10 nitrogen and oxygen atoms in total. The van der Waals surface area contributed by atoms with Crippen molar-refractivity contribution >= 4 is 72.4 Å². The number of alkyl carbamates (subject to hydrolysis) is 1. The molecule has 0 saturated heterocycles. The lowest BCUT2D eigenvalue weighted by molar-refractivity contribution is 0.0381. The molecule has 0 fully saturated rings. The standard InChI is InChI=1S/C30H29Cl3N4O6S2/c1-20(36-29(38)43-30(2,3)19-21-6-8-22(31)9-7-21)35-28-27(5-4-18-34-28)37(44(39,40)25-14-10-23(32)11-15-25)45(41,42)26-16-12-24(33)13-17-26/h4-18,20H,19H2,1-3H3,(H,34,35)(H,36,38). The third-order valence-electron chi connectivity index (χ3n) is 6.24. The largest absolute Gasteiger partial charge is 0.443 e. The Morgan fingerprint density at radius 3 is 1.78 bits per heavy atom. The molecule has 2 N–H and O–H groups in total. The van der Waals surface area contributed by atoms with Crippen LogP contribution in [0.25, 0.3) is 0 Å². The summed E-state index contributed by atoms with van der Waals surface area (Å²) in [4.78, 5) is 16.4. The maximum atomic E-state index is 14.0. The van der Waals surface area contributed by atoms with E-state index in [1.807, 2.05) is 12.1 Å². The van der Waals surface area contributed by atoms with Gasteiger partial charge < -0.3 is 15.4 Å². The van der Waals surface area contributed by atoms with Gasteiger partial charge >= 0.3 is 6.09 Å².